The van der Waals surface area contributed by atoms with Gasteiger partial charge in [-0.05, 0) is 38.0 Å². The molecule has 1 aliphatic carbocycles. The van der Waals surface area contributed by atoms with E-state index in [9.17, 15) is 9.59 Å². The lowest BCUT2D eigenvalue weighted by atomic mass is 10.0. The van der Waals surface area contributed by atoms with Crippen molar-refractivity contribution in [3.05, 3.63) is 20.7 Å². The SMILES string of the molecule is Cc1csc(=O)n1CCCC(=O)NCC1(CCO)CC1. The lowest BCUT2D eigenvalue weighted by Gasteiger charge is -2.14. The van der Waals surface area contributed by atoms with Gasteiger partial charge < -0.3 is 15.0 Å². The molecule has 112 valence electrons. The molecule has 0 radical (unpaired) electrons. The minimum absolute atomic E-state index is 0.0372. The lowest BCUT2D eigenvalue weighted by Crippen LogP contribution is -2.30. The maximum atomic E-state index is 11.8. The smallest absolute Gasteiger partial charge is 0.307 e. The zero-order valence-electron chi connectivity index (χ0n) is 11.9. The second-order valence-corrected chi connectivity index (χ2v) is 6.47. The number of rotatable bonds is 8. The van der Waals surface area contributed by atoms with Gasteiger partial charge in [0.15, 0.2) is 0 Å². The van der Waals surface area contributed by atoms with Crippen LogP contribution in [0.2, 0.25) is 0 Å². The first-order valence-corrected chi connectivity index (χ1v) is 7.97. The molecule has 0 aromatic carbocycles. The summed E-state index contributed by atoms with van der Waals surface area (Å²) in [7, 11) is 0. The number of aromatic nitrogens is 1. The fourth-order valence-electron chi connectivity index (χ4n) is 2.38. The van der Waals surface area contributed by atoms with Crippen LogP contribution in [0.25, 0.3) is 0 Å². The van der Waals surface area contributed by atoms with E-state index >= 15 is 0 Å². The fourth-order valence-corrected chi connectivity index (χ4v) is 3.14. The van der Waals surface area contributed by atoms with Crippen molar-refractivity contribution in [1.29, 1.82) is 0 Å². The molecule has 0 spiro atoms. The molecule has 0 atom stereocenters. The maximum Gasteiger partial charge on any atom is 0.307 e. The molecule has 0 saturated heterocycles. The molecule has 0 unspecified atom stereocenters. The molecule has 1 saturated carbocycles. The summed E-state index contributed by atoms with van der Waals surface area (Å²) in [6.07, 6.45) is 4.08. The quantitative estimate of drug-likeness (QED) is 0.759. The summed E-state index contributed by atoms with van der Waals surface area (Å²) in [6.45, 7) is 3.37. The Morgan fingerprint density at radius 3 is 2.85 bits per heavy atom. The standard InChI is InChI=1S/C14H22N2O3S/c1-11-9-20-13(19)16(11)7-2-3-12(18)15-10-14(4-5-14)6-8-17/h9,17H,2-8,10H2,1H3,(H,15,18). The average molecular weight is 298 g/mol. The van der Waals surface area contributed by atoms with E-state index in [1.807, 2.05) is 12.3 Å². The summed E-state index contributed by atoms with van der Waals surface area (Å²) >= 11 is 1.20. The van der Waals surface area contributed by atoms with Gasteiger partial charge in [-0.1, -0.05) is 11.3 Å². The molecular weight excluding hydrogens is 276 g/mol. The Morgan fingerprint density at radius 1 is 1.55 bits per heavy atom. The molecule has 0 aliphatic heterocycles. The monoisotopic (exact) mass is 298 g/mol. The van der Waals surface area contributed by atoms with E-state index in [0.717, 1.165) is 25.0 Å². The van der Waals surface area contributed by atoms with E-state index in [2.05, 4.69) is 5.32 Å². The average Bonchev–Trinajstić information content (AvgIpc) is 3.12. The topological polar surface area (TPSA) is 71.3 Å². The molecule has 1 aromatic rings. The molecule has 2 N–H and O–H groups in total. The first-order chi connectivity index (χ1) is 9.56. The largest absolute Gasteiger partial charge is 0.396 e. The van der Waals surface area contributed by atoms with Gasteiger partial charge in [-0.25, -0.2) is 0 Å². The van der Waals surface area contributed by atoms with E-state index in [1.165, 1.54) is 11.3 Å². The van der Waals surface area contributed by atoms with Gasteiger partial charge in [-0.3, -0.25) is 9.59 Å². The number of hydrogen-bond acceptors (Lipinski definition) is 4. The predicted octanol–water partition coefficient (Wildman–Crippen LogP) is 1.28. The van der Waals surface area contributed by atoms with Crippen LogP contribution in [0.15, 0.2) is 10.2 Å². The first kappa shape index (κ1) is 15.3. The van der Waals surface area contributed by atoms with Gasteiger partial charge in [0.05, 0.1) is 0 Å². The predicted molar refractivity (Wildman–Crippen MR) is 78.9 cm³/mol. The molecule has 0 bridgehead atoms. The van der Waals surface area contributed by atoms with Crippen molar-refractivity contribution in [2.24, 2.45) is 5.41 Å². The van der Waals surface area contributed by atoms with Crippen molar-refractivity contribution in [2.45, 2.75) is 45.6 Å². The van der Waals surface area contributed by atoms with Gasteiger partial charge in [-0.2, -0.15) is 0 Å². The summed E-state index contributed by atoms with van der Waals surface area (Å²) in [5.41, 5.74) is 1.12. The Bertz CT molecular complexity index is 517. The molecule has 6 heteroatoms. The van der Waals surface area contributed by atoms with Crippen molar-refractivity contribution < 1.29 is 9.90 Å². The Kier molecular flexibility index (Phi) is 4.99. The number of aliphatic hydroxyl groups excluding tert-OH is 1. The molecule has 2 rings (SSSR count). The van der Waals surface area contributed by atoms with E-state index in [4.69, 9.17) is 5.11 Å². The fraction of sp³-hybridized carbons (Fsp3) is 0.714. The number of carbonyl (C=O) groups is 1. The number of thiazole rings is 1. The number of aliphatic hydroxyl groups is 1. The van der Waals surface area contributed by atoms with Crippen LogP contribution in [-0.2, 0) is 11.3 Å². The summed E-state index contributed by atoms with van der Waals surface area (Å²) in [5, 5.41) is 13.7. The van der Waals surface area contributed by atoms with Crippen LogP contribution in [0.5, 0.6) is 0 Å². The highest BCUT2D eigenvalue weighted by Gasteiger charge is 2.41. The molecule has 1 aromatic heterocycles. The highest BCUT2D eigenvalue weighted by atomic mass is 32.1. The van der Waals surface area contributed by atoms with Crippen LogP contribution < -0.4 is 10.2 Å². The summed E-state index contributed by atoms with van der Waals surface area (Å²) in [4.78, 5) is 23.3. The Labute approximate surface area is 122 Å². The van der Waals surface area contributed by atoms with Gasteiger partial charge in [0.2, 0.25) is 5.91 Å². The van der Waals surface area contributed by atoms with Gasteiger partial charge in [-0.15, -0.1) is 0 Å². The van der Waals surface area contributed by atoms with E-state index in [1.54, 1.807) is 4.57 Å². The molecule has 20 heavy (non-hydrogen) atoms. The number of hydrogen-bond donors (Lipinski definition) is 2. The number of nitrogens with zero attached hydrogens (tertiary/aromatic N) is 1. The van der Waals surface area contributed by atoms with E-state index in [-0.39, 0.29) is 22.8 Å². The van der Waals surface area contributed by atoms with Crippen molar-refractivity contribution >= 4 is 17.2 Å². The van der Waals surface area contributed by atoms with E-state index < -0.39 is 0 Å². The zero-order valence-corrected chi connectivity index (χ0v) is 12.7. The third-order valence-electron chi connectivity index (χ3n) is 4.02. The van der Waals surface area contributed by atoms with Crippen LogP contribution in [0.3, 0.4) is 0 Å². The lowest BCUT2D eigenvalue weighted by molar-refractivity contribution is -0.121. The van der Waals surface area contributed by atoms with Gasteiger partial charge in [0.25, 0.3) is 0 Å². The van der Waals surface area contributed by atoms with Crippen LogP contribution in [0, 0.1) is 12.3 Å². The third kappa shape index (κ3) is 3.93. The number of aryl methyl sites for hydroxylation is 1. The molecule has 1 fully saturated rings. The number of amides is 1. The number of carbonyl (C=O) groups excluding carboxylic acids is 1. The van der Waals surface area contributed by atoms with Crippen molar-refractivity contribution in [2.75, 3.05) is 13.2 Å². The van der Waals surface area contributed by atoms with E-state index in [0.29, 0.717) is 25.9 Å². The summed E-state index contributed by atoms with van der Waals surface area (Å²) < 4.78 is 1.71. The maximum absolute atomic E-state index is 11.8. The zero-order chi connectivity index (χ0) is 14.6. The Hall–Kier alpha value is -1.14. The Morgan fingerprint density at radius 2 is 2.30 bits per heavy atom. The summed E-state index contributed by atoms with van der Waals surface area (Å²) in [6, 6.07) is 0. The second-order valence-electron chi connectivity index (χ2n) is 5.65. The molecule has 5 nitrogen and oxygen atoms in total. The Balaban J connectivity index is 1.67. The van der Waals surface area contributed by atoms with Gasteiger partial charge in [0.1, 0.15) is 0 Å². The normalized spacial score (nSPS) is 16.1. The number of nitrogens with one attached hydrogen (secondary N) is 1. The second kappa shape index (κ2) is 6.54. The molecule has 1 heterocycles. The molecule has 1 amide bonds. The minimum Gasteiger partial charge on any atom is -0.396 e. The summed E-state index contributed by atoms with van der Waals surface area (Å²) in [5.74, 6) is 0.0372. The van der Waals surface area contributed by atoms with Crippen LogP contribution in [0.4, 0.5) is 0 Å². The van der Waals surface area contributed by atoms with Crippen LogP contribution >= 0.6 is 11.3 Å². The van der Waals surface area contributed by atoms with Crippen LogP contribution in [-0.4, -0.2) is 28.7 Å². The van der Waals surface area contributed by atoms with Gasteiger partial charge >= 0.3 is 4.87 Å². The molecular formula is C14H22N2O3S. The van der Waals surface area contributed by atoms with Crippen molar-refractivity contribution in [3.63, 3.8) is 0 Å². The minimum atomic E-state index is 0.0372. The third-order valence-corrected chi connectivity index (χ3v) is 4.90. The van der Waals surface area contributed by atoms with Crippen molar-refractivity contribution in [3.8, 4) is 0 Å². The highest BCUT2D eigenvalue weighted by molar-refractivity contribution is 7.07. The molecule has 1 aliphatic rings. The van der Waals surface area contributed by atoms with Crippen LogP contribution in [0.1, 0.15) is 37.8 Å². The highest BCUT2D eigenvalue weighted by Crippen LogP contribution is 2.47. The van der Waals surface area contributed by atoms with Crippen molar-refractivity contribution in [1.82, 2.24) is 9.88 Å². The van der Waals surface area contributed by atoms with Gasteiger partial charge in [0, 0.05) is 37.2 Å². The first-order valence-electron chi connectivity index (χ1n) is 7.09.